The zero-order chi connectivity index (χ0) is 14.4. The van der Waals surface area contributed by atoms with E-state index < -0.39 is 0 Å². The van der Waals surface area contributed by atoms with Crippen LogP contribution in [0.3, 0.4) is 0 Å². The van der Waals surface area contributed by atoms with E-state index in [-0.39, 0.29) is 5.82 Å². The van der Waals surface area contributed by atoms with Crippen molar-refractivity contribution in [1.29, 1.82) is 0 Å². The van der Waals surface area contributed by atoms with Gasteiger partial charge >= 0.3 is 0 Å². The van der Waals surface area contributed by atoms with E-state index in [1.807, 2.05) is 6.07 Å². The van der Waals surface area contributed by atoms with Crippen LogP contribution < -0.4 is 5.73 Å². The maximum atomic E-state index is 13.1. The molecule has 0 unspecified atom stereocenters. The smallest absolute Gasteiger partial charge is 0.123 e. The fourth-order valence-electron chi connectivity index (χ4n) is 3.12. The van der Waals surface area contributed by atoms with Crippen LogP contribution in [-0.4, -0.2) is 0 Å². The van der Waals surface area contributed by atoms with Gasteiger partial charge in [-0.05, 0) is 39.9 Å². The average molecular weight is 275 g/mol. The van der Waals surface area contributed by atoms with E-state index in [9.17, 15) is 4.39 Å². The van der Waals surface area contributed by atoms with E-state index in [0.29, 0.717) is 0 Å². The zero-order valence-corrected chi connectivity index (χ0v) is 11.4. The van der Waals surface area contributed by atoms with Gasteiger partial charge in [0.15, 0.2) is 0 Å². The third kappa shape index (κ3) is 1.83. The first kappa shape index (κ1) is 12.2. The monoisotopic (exact) mass is 275 g/mol. The molecule has 1 aliphatic carbocycles. The highest BCUT2D eigenvalue weighted by Gasteiger charge is 2.21. The summed E-state index contributed by atoms with van der Waals surface area (Å²) >= 11 is 0. The van der Waals surface area contributed by atoms with E-state index in [2.05, 4.69) is 30.3 Å². The molecule has 3 aromatic carbocycles. The topological polar surface area (TPSA) is 26.0 Å². The van der Waals surface area contributed by atoms with Crippen LogP contribution in [0, 0.1) is 5.82 Å². The van der Waals surface area contributed by atoms with Crippen molar-refractivity contribution in [2.75, 3.05) is 5.73 Å². The first-order valence-corrected chi connectivity index (χ1v) is 6.99. The number of benzene rings is 3. The second kappa shape index (κ2) is 4.45. The van der Waals surface area contributed by atoms with E-state index >= 15 is 0 Å². The van der Waals surface area contributed by atoms with Crippen LogP contribution in [0.1, 0.15) is 11.1 Å². The molecule has 2 N–H and O–H groups in total. The van der Waals surface area contributed by atoms with Gasteiger partial charge in [-0.25, -0.2) is 4.39 Å². The van der Waals surface area contributed by atoms with Gasteiger partial charge in [-0.2, -0.15) is 0 Å². The van der Waals surface area contributed by atoms with Crippen molar-refractivity contribution in [3.63, 3.8) is 0 Å². The molecule has 0 spiro atoms. The summed E-state index contributed by atoms with van der Waals surface area (Å²) in [5.74, 6) is -0.231. The van der Waals surface area contributed by atoms with E-state index in [1.165, 1.54) is 34.4 Å². The molecule has 102 valence electrons. The quantitative estimate of drug-likeness (QED) is 0.503. The summed E-state index contributed by atoms with van der Waals surface area (Å²) in [7, 11) is 0. The van der Waals surface area contributed by atoms with Gasteiger partial charge in [-0.3, -0.25) is 0 Å². The molecule has 0 atom stereocenters. The molecular formula is C19H14FN. The minimum atomic E-state index is -0.231. The van der Waals surface area contributed by atoms with Gasteiger partial charge in [0.25, 0.3) is 0 Å². The molecule has 0 saturated heterocycles. The summed E-state index contributed by atoms with van der Waals surface area (Å²) in [5, 5.41) is 0. The Labute approximate surface area is 122 Å². The highest BCUT2D eigenvalue weighted by molar-refractivity contribution is 5.89. The van der Waals surface area contributed by atoms with E-state index in [4.69, 9.17) is 5.73 Å². The molecule has 0 amide bonds. The predicted octanol–water partition coefficient (Wildman–Crippen LogP) is 4.65. The van der Waals surface area contributed by atoms with Crippen molar-refractivity contribution in [2.45, 2.75) is 6.42 Å². The highest BCUT2D eigenvalue weighted by Crippen LogP contribution is 2.42. The minimum absolute atomic E-state index is 0.231. The normalized spacial score (nSPS) is 12.0. The van der Waals surface area contributed by atoms with Crippen molar-refractivity contribution in [1.82, 2.24) is 0 Å². The molecule has 1 nitrogen and oxygen atoms in total. The summed E-state index contributed by atoms with van der Waals surface area (Å²) in [6.07, 6.45) is 0.867. The standard InChI is InChI=1S/C19H14FN/c20-14-7-5-12(6-8-14)16-9-10-17-15-4-2-1-3-13(15)11-18(17)19(16)21/h1-10H,11,21H2. The number of anilines is 1. The van der Waals surface area contributed by atoms with Crippen LogP contribution in [0.15, 0.2) is 60.7 Å². The van der Waals surface area contributed by atoms with Gasteiger partial charge in [-0.15, -0.1) is 0 Å². The van der Waals surface area contributed by atoms with Crippen LogP contribution in [0.4, 0.5) is 10.1 Å². The maximum Gasteiger partial charge on any atom is 0.123 e. The van der Waals surface area contributed by atoms with Crippen LogP contribution >= 0.6 is 0 Å². The minimum Gasteiger partial charge on any atom is -0.398 e. The van der Waals surface area contributed by atoms with Gasteiger partial charge in [0.05, 0.1) is 0 Å². The number of hydrogen-bond donors (Lipinski definition) is 1. The summed E-state index contributed by atoms with van der Waals surface area (Å²) in [4.78, 5) is 0. The number of hydrogen-bond acceptors (Lipinski definition) is 1. The highest BCUT2D eigenvalue weighted by atomic mass is 19.1. The van der Waals surface area contributed by atoms with Crippen LogP contribution in [0.5, 0.6) is 0 Å². The number of fused-ring (bicyclic) bond motifs is 3. The summed E-state index contributed by atoms with van der Waals surface area (Å²) in [5.41, 5.74) is 14.1. The van der Waals surface area contributed by atoms with Gasteiger partial charge in [0.1, 0.15) is 5.82 Å². The van der Waals surface area contributed by atoms with Gasteiger partial charge in [0.2, 0.25) is 0 Å². The Morgan fingerprint density at radius 2 is 1.48 bits per heavy atom. The molecule has 1 aliphatic rings. The number of rotatable bonds is 1. The van der Waals surface area contributed by atoms with E-state index in [0.717, 1.165) is 23.2 Å². The van der Waals surface area contributed by atoms with Crippen LogP contribution in [0.2, 0.25) is 0 Å². The largest absolute Gasteiger partial charge is 0.398 e. The molecule has 0 saturated carbocycles. The molecule has 2 heteroatoms. The van der Waals surface area contributed by atoms with Crippen molar-refractivity contribution in [3.05, 3.63) is 77.6 Å². The molecule has 3 aromatic rings. The number of nitrogens with two attached hydrogens (primary N) is 1. The Morgan fingerprint density at radius 3 is 2.29 bits per heavy atom. The summed E-state index contributed by atoms with van der Waals surface area (Å²) < 4.78 is 13.1. The third-order valence-electron chi connectivity index (χ3n) is 4.19. The second-order valence-corrected chi connectivity index (χ2v) is 5.39. The molecular weight excluding hydrogens is 261 g/mol. The lowest BCUT2D eigenvalue weighted by atomic mass is 9.96. The van der Waals surface area contributed by atoms with Crippen molar-refractivity contribution in [3.8, 4) is 22.3 Å². The van der Waals surface area contributed by atoms with Gasteiger partial charge in [-0.1, -0.05) is 48.5 Å². The SMILES string of the molecule is Nc1c(-c2ccc(F)cc2)ccc2c1Cc1ccccc1-2. The Kier molecular flexibility index (Phi) is 2.58. The lowest BCUT2D eigenvalue weighted by molar-refractivity contribution is 0.628. The van der Waals surface area contributed by atoms with Gasteiger partial charge in [0, 0.05) is 17.7 Å². The predicted molar refractivity (Wildman–Crippen MR) is 84.5 cm³/mol. The van der Waals surface area contributed by atoms with Crippen LogP contribution in [-0.2, 0) is 6.42 Å². The Hall–Kier alpha value is -2.61. The van der Waals surface area contributed by atoms with E-state index in [1.54, 1.807) is 12.1 Å². The summed E-state index contributed by atoms with van der Waals surface area (Å²) in [6.45, 7) is 0. The Balaban J connectivity index is 1.88. The Morgan fingerprint density at radius 1 is 0.762 bits per heavy atom. The zero-order valence-electron chi connectivity index (χ0n) is 11.4. The molecule has 21 heavy (non-hydrogen) atoms. The lowest BCUT2D eigenvalue weighted by Gasteiger charge is -2.11. The first-order chi connectivity index (χ1) is 10.2. The fraction of sp³-hybridized carbons (Fsp3) is 0.0526. The third-order valence-corrected chi connectivity index (χ3v) is 4.19. The molecule has 0 heterocycles. The molecule has 0 fully saturated rings. The van der Waals surface area contributed by atoms with Crippen molar-refractivity contribution >= 4 is 5.69 Å². The van der Waals surface area contributed by atoms with Gasteiger partial charge < -0.3 is 5.73 Å². The van der Waals surface area contributed by atoms with Crippen molar-refractivity contribution in [2.24, 2.45) is 0 Å². The average Bonchev–Trinajstić information content (AvgIpc) is 2.89. The first-order valence-electron chi connectivity index (χ1n) is 6.99. The van der Waals surface area contributed by atoms with Crippen LogP contribution in [0.25, 0.3) is 22.3 Å². The second-order valence-electron chi connectivity index (χ2n) is 5.39. The maximum absolute atomic E-state index is 13.1. The molecule has 0 bridgehead atoms. The number of nitrogen functional groups attached to an aromatic ring is 1. The fourth-order valence-corrected chi connectivity index (χ4v) is 3.12. The molecule has 0 aromatic heterocycles. The molecule has 0 aliphatic heterocycles. The summed E-state index contributed by atoms with van der Waals surface area (Å²) in [6, 6.07) is 19.0. The molecule has 4 rings (SSSR count). The van der Waals surface area contributed by atoms with Crippen molar-refractivity contribution < 1.29 is 4.39 Å². The lowest BCUT2D eigenvalue weighted by Crippen LogP contribution is -1.96. The molecule has 0 radical (unpaired) electrons. The number of halogens is 1. The Bertz CT molecular complexity index is 835.